The predicted molar refractivity (Wildman–Crippen MR) is 93.0 cm³/mol. The lowest BCUT2D eigenvalue weighted by atomic mass is 10.1. The van der Waals surface area contributed by atoms with E-state index in [1.165, 1.54) is 10.4 Å². The zero-order valence-electron chi connectivity index (χ0n) is 13.2. The van der Waals surface area contributed by atoms with Gasteiger partial charge in [-0.3, -0.25) is 9.48 Å². The number of hydrogen-bond donors (Lipinski definition) is 1. The average Bonchev–Trinajstić information content (AvgIpc) is 3.22. The number of aromatic nitrogens is 3. The van der Waals surface area contributed by atoms with Crippen LogP contribution in [0, 0.1) is 13.8 Å². The Morgan fingerprint density at radius 2 is 2.22 bits per heavy atom. The average molecular weight is 346 g/mol. The Hall–Kier alpha value is -1.99. The molecule has 1 atom stereocenters. The molecule has 0 bridgehead atoms. The van der Waals surface area contributed by atoms with Gasteiger partial charge in [-0.2, -0.15) is 16.4 Å². The van der Waals surface area contributed by atoms with E-state index in [2.05, 4.69) is 33.8 Å². The van der Waals surface area contributed by atoms with Crippen LogP contribution in [0.3, 0.4) is 0 Å². The third-order valence-corrected chi connectivity index (χ3v) is 5.64. The van der Waals surface area contributed by atoms with Gasteiger partial charge in [0.25, 0.3) is 5.91 Å². The second kappa shape index (κ2) is 6.64. The molecule has 0 fully saturated rings. The van der Waals surface area contributed by atoms with Gasteiger partial charge in [0, 0.05) is 24.5 Å². The molecule has 23 heavy (non-hydrogen) atoms. The number of nitrogens with one attached hydrogen (secondary N) is 1. The number of aryl methyl sites for hydroxylation is 3. The van der Waals surface area contributed by atoms with E-state index in [1.54, 1.807) is 46.7 Å². The van der Waals surface area contributed by atoms with E-state index in [0.29, 0.717) is 5.69 Å². The Bertz CT molecular complexity index is 785. The second-order valence-corrected chi connectivity index (χ2v) is 7.41. The summed E-state index contributed by atoms with van der Waals surface area (Å²) in [6.07, 6.45) is 2.36. The molecule has 0 saturated heterocycles. The molecule has 7 heteroatoms. The standard InChI is InChI=1S/C16H18N4OS2/c1-10-11(2)23-16(18-10)13(8-12-5-7-22-9-12)19-15(21)14-4-6-17-20(14)3/h4-7,9,13H,8H2,1-3H3,(H,19,21). The fourth-order valence-corrected chi connectivity index (χ4v) is 3.98. The highest BCUT2D eigenvalue weighted by Gasteiger charge is 2.21. The van der Waals surface area contributed by atoms with Crippen molar-refractivity contribution in [2.45, 2.75) is 26.3 Å². The summed E-state index contributed by atoms with van der Waals surface area (Å²) in [5.41, 5.74) is 2.77. The van der Waals surface area contributed by atoms with Crippen LogP contribution in [0.15, 0.2) is 29.1 Å². The smallest absolute Gasteiger partial charge is 0.270 e. The van der Waals surface area contributed by atoms with Crippen molar-refractivity contribution in [3.63, 3.8) is 0 Å². The first-order chi connectivity index (χ1) is 11.0. The molecule has 3 aromatic rings. The van der Waals surface area contributed by atoms with Crippen molar-refractivity contribution >= 4 is 28.6 Å². The van der Waals surface area contributed by atoms with Crippen LogP contribution in [0.25, 0.3) is 0 Å². The Morgan fingerprint density at radius 1 is 1.39 bits per heavy atom. The molecule has 0 aliphatic carbocycles. The van der Waals surface area contributed by atoms with Crippen LogP contribution < -0.4 is 5.32 Å². The highest BCUT2D eigenvalue weighted by atomic mass is 32.1. The quantitative estimate of drug-likeness (QED) is 0.771. The van der Waals surface area contributed by atoms with E-state index in [9.17, 15) is 4.79 Å². The van der Waals surface area contributed by atoms with E-state index in [-0.39, 0.29) is 11.9 Å². The molecule has 0 radical (unpaired) electrons. The van der Waals surface area contributed by atoms with Gasteiger partial charge in [-0.15, -0.1) is 11.3 Å². The van der Waals surface area contributed by atoms with Crippen molar-refractivity contribution in [1.82, 2.24) is 20.1 Å². The Morgan fingerprint density at radius 3 is 2.78 bits per heavy atom. The molecular weight excluding hydrogens is 328 g/mol. The van der Waals surface area contributed by atoms with Gasteiger partial charge in [0.15, 0.2) is 0 Å². The normalized spacial score (nSPS) is 12.3. The minimum atomic E-state index is -0.135. The number of carbonyl (C=O) groups excluding carboxylic acids is 1. The summed E-state index contributed by atoms with van der Waals surface area (Å²) >= 11 is 3.30. The second-order valence-electron chi connectivity index (χ2n) is 5.40. The van der Waals surface area contributed by atoms with Crippen LogP contribution in [0.1, 0.15) is 37.7 Å². The van der Waals surface area contributed by atoms with Crippen molar-refractivity contribution in [3.05, 3.63) is 55.9 Å². The third kappa shape index (κ3) is 3.51. The van der Waals surface area contributed by atoms with Crippen LogP contribution in [0.4, 0.5) is 0 Å². The van der Waals surface area contributed by atoms with E-state index >= 15 is 0 Å². The highest BCUT2D eigenvalue weighted by molar-refractivity contribution is 7.11. The minimum Gasteiger partial charge on any atom is -0.341 e. The van der Waals surface area contributed by atoms with Gasteiger partial charge < -0.3 is 5.32 Å². The number of hydrogen-bond acceptors (Lipinski definition) is 5. The van der Waals surface area contributed by atoms with Crippen molar-refractivity contribution in [2.75, 3.05) is 0 Å². The van der Waals surface area contributed by atoms with Crippen molar-refractivity contribution in [1.29, 1.82) is 0 Å². The summed E-state index contributed by atoms with van der Waals surface area (Å²) < 4.78 is 1.58. The summed E-state index contributed by atoms with van der Waals surface area (Å²) in [7, 11) is 1.76. The molecule has 3 heterocycles. The lowest BCUT2D eigenvalue weighted by Crippen LogP contribution is -2.31. The molecule has 120 valence electrons. The van der Waals surface area contributed by atoms with Gasteiger partial charge in [-0.05, 0) is 42.3 Å². The van der Waals surface area contributed by atoms with E-state index < -0.39 is 0 Å². The Kier molecular flexibility index (Phi) is 4.58. The van der Waals surface area contributed by atoms with Gasteiger partial charge in [0.05, 0.1) is 11.7 Å². The van der Waals surface area contributed by atoms with Crippen LogP contribution in [-0.4, -0.2) is 20.7 Å². The van der Waals surface area contributed by atoms with E-state index in [0.717, 1.165) is 17.1 Å². The van der Waals surface area contributed by atoms with Crippen LogP contribution >= 0.6 is 22.7 Å². The maximum Gasteiger partial charge on any atom is 0.270 e. The molecule has 0 aromatic carbocycles. The highest BCUT2D eigenvalue weighted by Crippen LogP contribution is 2.26. The molecule has 0 saturated carbocycles. The van der Waals surface area contributed by atoms with Crippen LogP contribution in [0.2, 0.25) is 0 Å². The monoisotopic (exact) mass is 346 g/mol. The Balaban J connectivity index is 1.85. The molecule has 3 rings (SSSR count). The van der Waals surface area contributed by atoms with Gasteiger partial charge >= 0.3 is 0 Å². The van der Waals surface area contributed by atoms with Gasteiger partial charge in [-0.25, -0.2) is 4.98 Å². The summed E-state index contributed by atoms with van der Waals surface area (Å²) in [5.74, 6) is -0.129. The predicted octanol–water partition coefficient (Wildman–Crippen LogP) is 3.27. The summed E-state index contributed by atoms with van der Waals surface area (Å²) in [5, 5.41) is 12.3. The number of rotatable bonds is 5. The SMILES string of the molecule is Cc1nc(C(Cc2ccsc2)NC(=O)c2ccnn2C)sc1C. The minimum absolute atomic E-state index is 0.129. The number of carbonyl (C=O) groups is 1. The van der Waals surface area contributed by atoms with Crippen molar-refractivity contribution in [3.8, 4) is 0 Å². The number of amides is 1. The first kappa shape index (κ1) is 15.9. The fourth-order valence-electron chi connectivity index (χ4n) is 2.32. The zero-order chi connectivity index (χ0) is 16.4. The van der Waals surface area contributed by atoms with E-state index in [1.807, 2.05) is 12.3 Å². The largest absolute Gasteiger partial charge is 0.341 e. The molecule has 3 aromatic heterocycles. The number of thiazole rings is 1. The molecule has 0 aliphatic heterocycles. The van der Waals surface area contributed by atoms with Gasteiger partial charge in [0.2, 0.25) is 0 Å². The van der Waals surface area contributed by atoms with Crippen LogP contribution in [0.5, 0.6) is 0 Å². The van der Waals surface area contributed by atoms with Crippen molar-refractivity contribution in [2.24, 2.45) is 7.05 Å². The number of nitrogens with zero attached hydrogens (tertiary/aromatic N) is 3. The molecule has 0 aliphatic rings. The first-order valence-electron chi connectivity index (χ1n) is 7.28. The topological polar surface area (TPSA) is 59.8 Å². The van der Waals surface area contributed by atoms with Gasteiger partial charge in [0.1, 0.15) is 10.7 Å². The summed E-state index contributed by atoms with van der Waals surface area (Å²) in [6, 6.07) is 3.67. The summed E-state index contributed by atoms with van der Waals surface area (Å²) in [6.45, 7) is 4.06. The molecule has 1 amide bonds. The molecule has 1 N–H and O–H groups in total. The zero-order valence-corrected chi connectivity index (χ0v) is 14.9. The molecule has 5 nitrogen and oxygen atoms in total. The number of thiophene rings is 1. The van der Waals surface area contributed by atoms with Gasteiger partial charge in [-0.1, -0.05) is 0 Å². The molecule has 1 unspecified atom stereocenters. The molecular formula is C16H18N4OS2. The fraction of sp³-hybridized carbons (Fsp3) is 0.312. The summed E-state index contributed by atoms with van der Waals surface area (Å²) in [4.78, 5) is 18.4. The Labute approximate surface area is 143 Å². The lowest BCUT2D eigenvalue weighted by molar-refractivity contribution is 0.0927. The third-order valence-electron chi connectivity index (χ3n) is 3.72. The van der Waals surface area contributed by atoms with E-state index in [4.69, 9.17) is 0 Å². The first-order valence-corrected chi connectivity index (χ1v) is 9.04. The maximum atomic E-state index is 12.5. The lowest BCUT2D eigenvalue weighted by Gasteiger charge is -2.16. The maximum absolute atomic E-state index is 12.5. The molecule has 0 spiro atoms. The van der Waals surface area contributed by atoms with Crippen LogP contribution in [-0.2, 0) is 13.5 Å². The van der Waals surface area contributed by atoms with Crippen molar-refractivity contribution < 1.29 is 4.79 Å².